The van der Waals surface area contributed by atoms with E-state index in [0.717, 1.165) is 0 Å². The predicted molar refractivity (Wildman–Crippen MR) is 65.0 cm³/mol. The van der Waals surface area contributed by atoms with Crippen LogP contribution in [0, 0.1) is 0 Å². The Morgan fingerprint density at radius 3 is 1.71 bits per heavy atom. The summed E-state index contributed by atoms with van der Waals surface area (Å²) >= 11 is 0. The van der Waals surface area contributed by atoms with Crippen LogP contribution in [0.5, 0.6) is 0 Å². The summed E-state index contributed by atoms with van der Waals surface area (Å²) in [6, 6.07) is 0. The van der Waals surface area contributed by atoms with E-state index in [9.17, 15) is 4.80 Å². The molecule has 0 spiro atoms. The molecule has 0 bridgehead atoms. The molecule has 0 radical (unpaired) electrons. The topological polar surface area (TPSA) is 20.2 Å². The molecule has 1 saturated carbocycles. The van der Waals surface area contributed by atoms with Gasteiger partial charge in [-0.1, -0.05) is 59.8 Å². The minimum absolute atomic E-state index is 0.519. The molecule has 1 fully saturated rings. The quantitative estimate of drug-likeness (QED) is 0.702. The third kappa shape index (κ3) is 2.22. The van der Waals surface area contributed by atoms with Crippen molar-refractivity contribution in [2.45, 2.75) is 76.4 Å². The Balaban J connectivity index is 2.75. The Morgan fingerprint density at radius 2 is 1.36 bits per heavy atom. The molecule has 1 aliphatic rings. The van der Waals surface area contributed by atoms with Crippen molar-refractivity contribution in [2.75, 3.05) is 0 Å². The third-order valence-electron chi connectivity index (χ3n) is 4.11. The van der Waals surface area contributed by atoms with E-state index in [-0.39, 0.29) is 0 Å². The Kier molecular flexibility index (Phi) is 4.20. The van der Waals surface area contributed by atoms with Crippen LogP contribution in [0.3, 0.4) is 0 Å². The van der Waals surface area contributed by atoms with Gasteiger partial charge in [-0.2, -0.15) is 0 Å². The van der Waals surface area contributed by atoms with Gasteiger partial charge in [-0.3, -0.25) is 0 Å². The van der Waals surface area contributed by atoms with E-state index in [1.165, 1.54) is 32.1 Å². The zero-order valence-electron chi connectivity index (χ0n) is 10.2. The molecule has 0 saturated heterocycles. The van der Waals surface area contributed by atoms with E-state index in [2.05, 4.69) is 27.7 Å². The first-order chi connectivity index (χ1) is 6.49. The zero-order chi connectivity index (χ0) is 10.8. The molecule has 1 rings (SSSR count). The molecule has 0 heterocycles. The lowest BCUT2D eigenvalue weighted by atomic mass is 10.0. The van der Waals surface area contributed by atoms with Gasteiger partial charge >= 0.3 is 0 Å². The fourth-order valence-corrected chi connectivity index (χ4v) is 7.73. The molecule has 14 heavy (non-hydrogen) atoms. The fourth-order valence-electron chi connectivity index (χ4n) is 3.17. The van der Waals surface area contributed by atoms with Gasteiger partial charge in [-0.25, -0.2) is 0 Å². The summed E-state index contributed by atoms with van der Waals surface area (Å²) in [4.78, 5) is 10.9. The molecule has 0 aromatic rings. The highest BCUT2D eigenvalue weighted by Crippen LogP contribution is 2.46. The molecule has 0 amide bonds. The van der Waals surface area contributed by atoms with E-state index < -0.39 is 8.32 Å². The van der Waals surface area contributed by atoms with E-state index in [0.29, 0.717) is 16.6 Å². The number of hydrogen-bond donors (Lipinski definition) is 1. The third-order valence-corrected chi connectivity index (χ3v) is 9.69. The molecule has 1 aliphatic carbocycles. The first kappa shape index (κ1) is 12.2. The van der Waals surface area contributed by atoms with E-state index >= 15 is 0 Å². The van der Waals surface area contributed by atoms with E-state index in [1.54, 1.807) is 0 Å². The van der Waals surface area contributed by atoms with Crippen molar-refractivity contribution >= 4 is 8.32 Å². The fraction of sp³-hybridized carbons (Fsp3) is 1.00. The van der Waals surface area contributed by atoms with Crippen LogP contribution < -0.4 is 0 Å². The molecule has 0 atom stereocenters. The van der Waals surface area contributed by atoms with Gasteiger partial charge in [-0.15, -0.1) is 0 Å². The summed E-state index contributed by atoms with van der Waals surface area (Å²) in [6.07, 6.45) is 6.66. The second-order valence-corrected chi connectivity index (χ2v) is 10.4. The maximum atomic E-state index is 10.9. The second kappa shape index (κ2) is 4.80. The minimum Gasteiger partial charge on any atom is -0.431 e. The Hall–Kier alpha value is 0.177. The van der Waals surface area contributed by atoms with Crippen molar-refractivity contribution in [3.8, 4) is 0 Å². The lowest BCUT2D eigenvalue weighted by Crippen LogP contribution is -2.47. The van der Waals surface area contributed by atoms with Crippen molar-refractivity contribution in [3.05, 3.63) is 0 Å². The molecule has 0 aromatic carbocycles. The standard InChI is InChI=1S/C12H26OSi/c1-10(2)14(13,11(3)4)12-8-6-5-7-9-12/h10-13H,5-9H2,1-4H3. The summed E-state index contributed by atoms with van der Waals surface area (Å²) in [5.41, 5.74) is 1.72. The van der Waals surface area contributed by atoms with E-state index in [4.69, 9.17) is 0 Å². The van der Waals surface area contributed by atoms with Gasteiger partial charge in [0.1, 0.15) is 0 Å². The number of hydrogen-bond acceptors (Lipinski definition) is 1. The van der Waals surface area contributed by atoms with Gasteiger partial charge in [0.2, 0.25) is 0 Å². The van der Waals surface area contributed by atoms with Crippen LogP contribution in [-0.2, 0) is 0 Å². The average molecular weight is 214 g/mol. The summed E-state index contributed by atoms with van der Waals surface area (Å²) in [5, 5.41) is 0. The van der Waals surface area contributed by atoms with Crippen molar-refractivity contribution in [3.63, 3.8) is 0 Å². The lowest BCUT2D eigenvalue weighted by Gasteiger charge is -2.42. The normalized spacial score (nSPS) is 20.8. The van der Waals surface area contributed by atoms with Crippen molar-refractivity contribution in [1.82, 2.24) is 0 Å². The SMILES string of the molecule is CC(C)[Si](O)(C(C)C)C1CCCCC1. The Morgan fingerprint density at radius 1 is 0.929 bits per heavy atom. The molecule has 1 nitrogen and oxygen atoms in total. The Bertz CT molecular complexity index is 163. The molecule has 0 unspecified atom stereocenters. The van der Waals surface area contributed by atoms with Crippen LogP contribution in [0.15, 0.2) is 0 Å². The molecule has 2 heteroatoms. The van der Waals surface area contributed by atoms with Crippen LogP contribution in [0.2, 0.25) is 16.6 Å². The van der Waals surface area contributed by atoms with Gasteiger partial charge in [0.25, 0.3) is 0 Å². The van der Waals surface area contributed by atoms with Crippen LogP contribution in [0.4, 0.5) is 0 Å². The van der Waals surface area contributed by atoms with Gasteiger partial charge in [0.15, 0.2) is 8.32 Å². The molecule has 1 N–H and O–H groups in total. The number of rotatable bonds is 3. The largest absolute Gasteiger partial charge is 0.431 e. The first-order valence-corrected chi connectivity index (χ1v) is 8.39. The second-order valence-electron chi connectivity index (χ2n) is 5.53. The average Bonchev–Trinajstić information content (AvgIpc) is 2.17. The lowest BCUT2D eigenvalue weighted by molar-refractivity contribution is 0.402. The van der Waals surface area contributed by atoms with Crippen molar-refractivity contribution in [1.29, 1.82) is 0 Å². The molecule has 84 valence electrons. The first-order valence-electron chi connectivity index (χ1n) is 6.22. The van der Waals surface area contributed by atoms with Gasteiger partial charge in [-0.05, 0) is 16.6 Å². The van der Waals surface area contributed by atoms with Crippen LogP contribution in [0.25, 0.3) is 0 Å². The van der Waals surface area contributed by atoms with Crippen LogP contribution in [0.1, 0.15) is 59.8 Å². The highest BCUT2D eigenvalue weighted by Gasteiger charge is 2.45. The summed E-state index contributed by atoms with van der Waals surface area (Å²) in [6.45, 7) is 8.89. The molecule has 0 aromatic heterocycles. The molecular formula is C12H26OSi. The van der Waals surface area contributed by atoms with Gasteiger partial charge < -0.3 is 4.80 Å². The van der Waals surface area contributed by atoms with Gasteiger partial charge in [0.05, 0.1) is 0 Å². The zero-order valence-corrected chi connectivity index (χ0v) is 11.2. The summed E-state index contributed by atoms with van der Waals surface area (Å²) in [7, 11) is -2.00. The summed E-state index contributed by atoms with van der Waals surface area (Å²) < 4.78 is 0. The van der Waals surface area contributed by atoms with Crippen molar-refractivity contribution < 1.29 is 4.80 Å². The highest BCUT2D eigenvalue weighted by molar-refractivity contribution is 6.76. The monoisotopic (exact) mass is 214 g/mol. The highest BCUT2D eigenvalue weighted by atomic mass is 28.4. The van der Waals surface area contributed by atoms with E-state index in [1.807, 2.05) is 0 Å². The maximum absolute atomic E-state index is 10.9. The molecular weight excluding hydrogens is 188 g/mol. The van der Waals surface area contributed by atoms with Crippen LogP contribution in [-0.4, -0.2) is 13.1 Å². The smallest absolute Gasteiger partial charge is 0.196 e. The molecule has 0 aliphatic heterocycles. The summed E-state index contributed by atoms with van der Waals surface area (Å²) in [5.74, 6) is 0. The van der Waals surface area contributed by atoms with Crippen molar-refractivity contribution in [2.24, 2.45) is 0 Å². The minimum atomic E-state index is -2.00. The Labute approximate surface area is 90.0 Å². The van der Waals surface area contributed by atoms with Gasteiger partial charge in [0, 0.05) is 0 Å². The predicted octanol–water partition coefficient (Wildman–Crippen LogP) is 4.08. The van der Waals surface area contributed by atoms with Crippen LogP contribution >= 0.6 is 0 Å². The maximum Gasteiger partial charge on any atom is 0.196 e.